The van der Waals surface area contributed by atoms with Gasteiger partial charge in [0.05, 0.1) is 11.8 Å². The number of rotatable bonds is 2. The van der Waals surface area contributed by atoms with Gasteiger partial charge in [-0.3, -0.25) is 4.79 Å². The molecule has 1 atom stereocenters. The van der Waals surface area contributed by atoms with Gasteiger partial charge in [-0.2, -0.15) is 17.0 Å². The SMILES string of the molecule is N#CC1CSCCN1C(=O)c1cc(C2CC2)no1. The minimum absolute atomic E-state index is 0.207. The van der Waals surface area contributed by atoms with Gasteiger partial charge in [-0.05, 0) is 12.8 Å². The van der Waals surface area contributed by atoms with Crippen LogP contribution < -0.4 is 0 Å². The largest absolute Gasteiger partial charge is 0.351 e. The molecule has 3 rings (SSSR count). The van der Waals surface area contributed by atoms with Crippen LogP contribution in [0.2, 0.25) is 0 Å². The summed E-state index contributed by atoms with van der Waals surface area (Å²) in [6, 6.07) is 3.55. The summed E-state index contributed by atoms with van der Waals surface area (Å²) in [5, 5.41) is 13.0. The van der Waals surface area contributed by atoms with Crippen molar-refractivity contribution in [1.82, 2.24) is 10.1 Å². The lowest BCUT2D eigenvalue weighted by molar-refractivity contribution is 0.0695. The smallest absolute Gasteiger partial charge is 0.293 e. The van der Waals surface area contributed by atoms with Gasteiger partial charge in [-0.15, -0.1) is 0 Å². The Bertz CT molecular complexity index is 504. The molecule has 2 heterocycles. The zero-order valence-electron chi connectivity index (χ0n) is 9.83. The summed E-state index contributed by atoms with van der Waals surface area (Å²) in [5.74, 6) is 2.07. The lowest BCUT2D eigenvalue weighted by atomic mass is 10.2. The van der Waals surface area contributed by atoms with Crippen LogP contribution in [0.25, 0.3) is 0 Å². The number of nitriles is 1. The van der Waals surface area contributed by atoms with E-state index in [4.69, 9.17) is 9.78 Å². The molecule has 18 heavy (non-hydrogen) atoms. The number of aromatic nitrogens is 1. The zero-order chi connectivity index (χ0) is 12.5. The summed E-state index contributed by atoms with van der Waals surface area (Å²) < 4.78 is 5.12. The van der Waals surface area contributed by atoms with Crippen molar-refractivity contribution in [2.45, 2.75) is 24.8 Å². The molecule has 94 valence electrons. The highest BCUT2D eigenvalue weighted by molar-refractivity contribution is 7.99. The Morgan fingerprint density at radius 1 is 1.61 bits per heavy atom. The molecule has 1 amide bonds. The van der Waals surface area contributed by atoms with Crippen molar-refractivity contribution in [1.29, 1.82) is 5.26 Å². The Labute approximate surface area is 109 Å². The predicted octanol–water partition coefficient (Wildman–Crippen LogP) is 1.63. The van der Waals surface area contributed by atoms with Gasteiger partial charge in [-0.25, -0.2) is 0 Å². The fourth-order valence-electron chi connectivity index (χ4n) is 2.06. The van der Waals surface area contributed by atoms with Crippen LogP contribution in [0.4, 0.5) is 0 Å². The summed E-state index contributed by atoms with van der Waals surface area (Å²) in [6.07, 6.45) is 2.25. The first-order valence-electron chi connectivity index (χ1n) is 6.04. The maximum atomic E-state index is 12.3. The van der Waals surface area contributed by atoms with Crippen molar-refractivity contribution in [3.05, 3.63) is 17.5 Å². The summed E-state index contributed by atoms with van der Waals surface area (Å²) in [7, 11) is 0. The van der Waals surface area contributed by atoms with Crippen molar-refractivity contribution in [3.8, 4) is 6.07 Å². The first-order chi connectivity index (χ1) is 8.79. The molecule has 1 aliphatic heterocycles. The number of thioether (sulfide) groups is 1. The van der Waals surface area contributed by atoms with E-state index in [0.29, 0.717) is 18.2 Å². The van der Waals surface area contributed by atoms with E-state index in [1.807, 2.05) is 0 Å². The third-order valence-corrected chi connectivity index (χ3v) is 4.30. The molecular weight excluding hydrogens is 250 g/mol. The number of hydrogen-bond donors (Lipinski definition) is 0. The Morgan fingerprint density at radius 2 is 2.44 bits per heavy atom. The third-order valence-electron chi connectivity index (χ3n) is 3.27. The molecule has 1 aromatic rings. The molecule has 0 radical (unpaired) electrons. The minimum atomic E-state index is -0.356. The average Bonchev–Trinajstić information content (AvgIpc) is 3.16. The molecular formula is C12H13N3O2S. The van der Waals surface area contributed by atoms with Crippen molar-refractivity contribution in [2.75, 3.05) is 18.1 Å². The number of nitrogens with zero attached hydrogens (tertiary/aromatic N) is 3. The maximum absolute atomic E-state index is 12.3. The van der Waals surface area contributed by atoms with Crippen LogP contribution in [0.3, 0.4) is 0 Å². The molecule has 6 heteroatoms. The van der Waals surface area contributed by atoms with E-state index in [1.165, 1.54) is 0 Å². The quantitative estimate of drug-likeness (QED) is 0.811. The number of carbonyl (C=O) groups excluding carboxylic acids is 1. The third kappa shape index (κ3) is 2.10. The van der Waals surface area contributed by atoms with E-state index in [-0.39, 0.29) is 17.7 Å². The predicted molar refractivity (Wildman–Crippen MR) is 66.2 cm³/mol. The molecule has 2 aliphatic rings. The van der Waals surface area contributed by atoms with E-state index in [1.54, 1.807) is 22.7 Å². The molecule has 1 saturated heterocycles. The lowest BCUT2D eigenvalue weighted by Gasteiger charge is -2.29. The minimum Gasteiger partial charge on any atom is -0.351 e. The number of carbonyl (C=O) groups is 1. The van der Waals surface area contributed by atoms with Crippen LogP contribution in [0.15, 0.2) is 10.6 Å². The fraction of sp³-hybridized carbons (Fsp3) is 0.583. The summed E-state index contributed by atoms with van der Waals surface area (Å²) >= 11 is 1.70. The normalized spacial score (nSPS) is 23.7. The molecule has 0 spiro atoms. The second-order valence-electron chi connectivity index (χ2n) is 4.61. The fourth-order valence-corrected chi connectivity index (χ4v) is 3.03. The topological polar surface area (TPSA) is 70.1 Å². The van der Waals surface area contributed by atoms with Gasteiger partial charge in [0, 0.05) is 30.0 Å². The van der Waals surface area contributed by atoms with E-state index in [9.17, 15) is 4.79 Å². The highest BCUT2D eigenvalue weighted by Crippen LogP contribution is 2.39. The van der Waals surface area contributed by atoms with E-state index in [2.05, 4.69) is 11.2 Å². The molecule has 1 aromatic heterocycles. The zero-order valence-corrected chi connectivity index (χ0v) is 10.7. The molecule has 1 saturated carbocycles. The van der Waals surface area contributed by atoms with Crippen LogP contribution in [-0.2, 0) is 0 Å². The first kappa shape index (κ1) is 11.6. The molecule has 0 bridgehead atoms. The van der Waals surface area contributed by atoms with Gasteiger partial charge in [0.2, 0.25) is 5.76 Å². The Morgan fingerprint density at radius 3 is 3.17 bits per heavy atom. The van der Waals surface area contributed by atoms with Crippen LogP contribution in [0.1, 0.15) is 35.0 Å². The Hall–Kier alpha value is -1.48. The number of amides is 1. The molecule has 0 N–H and O–H groups in total. The Balaban J connectivity index is 1.77. The first-order valence-corrected chi connectivity index (χ1v) is 7.20. The van der Waals surface area contributed by atoms with Crippen molar-refractivity contribution >= 4 is 17.7 Å². The van der Waals surface area contributed by atoms with Gasteiger partial charge in [-0.1, -0.05) is 5.16 Å². The second-order valence-corrected chi connectivity index (χ2v) is 5.76. The van der Waals surface area contributed by atoms with Crippen molar-refractivity contribution in [2.24, 2.45) is 0 Å². The van der Waals surface area contributed by atoms with Crippen LogP contribution >= 0.6 is 11.8 Å². The van der Waals surface area contributed by atoms with Gasteiger partial charge in [0.1, 0.15) is 6.04 Å². The molecule has 1 aliphatic carbocycles. The highest BCUT2D eigenvalue weighted by atomic mass is 32.2. The van der Waals surface area contributed by atoms with Crippen LogP contribution in [0, 0.1) is 11.3 Å². The van der Waals surface area contributed by atoms with Crippen LogP contribution in [-0.4, -0.2) is 40.1 Å². The van der Waals surface area contributed by atoms with Crippen molar-refractivity contribution in [3.63, 3.8) is 0 Å². The summed E-state index contributed by atoms with van der Waals surface area (Å²) in [4.78, 5) is 13.8. The molecule has 0 aromatic carbocycles. The van der Waals surface area contributed by atoms with Crippen molar-refractivity contribution < 1.29 is 9.32 Å². The monoisotopic (exact) mass is 263 g/mol. The summed E-state index contributed by atoms with van der Waals surface area (Å²) in [5.41, 5.74) is 0.873. The van der Waals surface area contributed by atoms with Gasteiger partial charge >= 0.3 is 0 Å². The number of hydrogen-bond acceptors (Lipinski definition) is 5. The van der Waals surface area contributed by atoms with Crippen LogP contribution in [0.5, 0.6) is 0 Å². The van der Waals surface area contributed by atoms with Gasteiger partial charge < -0.3 is 9.42 Å². The van der Waals surface area contributed by atoms with E-state index < -0.39 is 0 Å². The standard InChI is InChI=1S/C12H13N3O2S/c13-6-9-7-18-4-3-15(9)12(16)11-5-10(14-17-11)8-1-2-8/h5,8-9H,1-4,7H2. The molecule has 5 nitrogen and oxygen atoms in total. The second kappa shape index (κ2) is 4.65. The molecule has 2 fully saturated rings. The maximum Gasteiger partial charge on any atom is 0.293 e. The lowest BCUT2D eigenvalue weighted by Crippen LogP contribution is -2.45. The van der Waals surface area contributed by atoms with E-state index >= 15 is 0 Å². The van der Waals surface area contributed by atoms with Gasteiger partial charge in [0.15, 0.2) is 0 Å². The Kier molecular flexibility index (Phi) is 3.00. The highest BCUT2D eigenvalue weighted by Gasteiger charge is 2.32. The average molecular weight is 263 g/mol. The van der Waals surface area contributed by atoms with Gasteiger partial charge in [0.25, 0.3) is 5.91 Å². The summed E-state index contributed by atoms with van der Waals surface area (Å²) in [6.45, 7) is 0.598. The molecule has 1 unspecified atom stereocenters. The van der Waals surface area contributed by atoms with E-state index in [0.717, 1.165) is 24.3 Å².